The Morgan fingerprint density at radius 1 is 0.261 bits per heavy atom. The largest absolute Gasteiger partial charge is 0.309 e. The average Bonchev–Trinajstić information content (AvgIpc) is 1.43. The Bertz CT molecular complexity index is 6260. The lowest BCUT2D eigenvalue weighted by Gasteiger charge is -2.34. The van der Waals surface area contributed by atoms with E-state index in [0.717, 1.165) is 4.57 Å². The molecule has 0 aliphatic rings. The molecule has 13 rings (SSSR count). The van der Waals surface area contributed by atoms with Crippen LogP contribution in [0.2, 0.25) is 0 Å². The second kappa shape index (κ2) is 16.8. The molecule has 0 fully saturated rings. The van der Waals surface area contributed by atoms with Crippen LogP contribution < -0.4 is 20.7 Å². The van der Waals surface area contributed by atoms with Crippen molar-refractivity contribution in [1.82, 2.24) is 9.13 Å². The van der Waals surface area contributed by atoms with Gasteiger partial charge in [0.15, 0.2) is 8.07 Å². The lowest BCUT2D eigenvalue weighted by atomic mass is 9.93. The van der Waals surface area contributed by atoms with Crippen LogP contribution in [0.1, 0.15) is 57.6 Å². The summed E-state index contributed by atoms with van der Waals surface area (Å²) < 4.78 is 393. The van der Waals surface area contributed by atoms with Gasteiger partial charge in [-0.3, -0.25) is 0 Å². The van der Waals surface area contributed by atoms with Gasteiger partial charge in [0.1, 0.15) is 0 Å². The number of fused-ring (bicyclic) bond motifs is 6. The molecule has 0 saturated heterocycles. The Balaban J connectivity index is 1.21. The van der Waals surface area contributed by atoms with Crippen LogP contribution in [0.3, 0.4) is 0 Å². The van der Waals surface area contributed by atoms with E-state index in [2.05, 4.69) is 0 Å². The molecule has 0 aliphatic carbocycles. The summed E-state index contributed by atoms with van der Waals surface area (Å²) in [7, 11) is -6.68. The first kappa shape index (κ1) is 16.2. The zero-order valence-electron chi connectivity index (χ0n) is 76.7. The van der Waals surface area contributed by atoms with Crippen LogP contribution in [0.15, 0.2) is 278 Å². The highest BCUT2D eigenvalue weighted by atomic mass is 28.3. The van der Waals surface area contributed by atoms with Gasteiger partial charge >= 0.3 is 0 Å². The van der Waals surface area contributed by atoms with Crippen molar-refractivity contribution in [2.75, 3.05) is 0 Å². The van der Waals surface area contributed by atoms with E-state index in [0.29, 0.717) is 4.57 Å². The van der Waals surface area contributed by atoms with Gasteiger partial charge in [-0.05, 0) is 115 Å². The van der Waals surface area contributed by atoms with Crippen molar-refractivity contribution in [3.05, 3.63) is 278 Å². The van der Waals surface area contributed by atoms with Crippen LogP contribution >= 0.6 is 0 Å². The van der Waals surface area contributed by atoms with E-state index in [-0.39, 0.29) is 16.8 Å². The highest BCUT2D eigenvalue weighted by Crippen LogP contribution is 2.41. The van der Waals surface area contributed by atoms with Crippen molar-refractivity contribution in [3.8, 4) is 44.8 Å². The SMILES string of the molecule is [2H]c1c([2H])c([2H])c(-c2ccc(-n3c4c([2H])c([2H])c([2H])c([2H])c4c4c([2H])c(-c5c([2H])c([2H])c([2H])c([2H])c5-c5c([2H])c([2H])c6c(c5[2H])c5c([2H])c([2H])c([2H])c([2H])c5n6-c5c([2H])c([2H])c([2H])c([Si](c6c([2H])c([2H])c([2H])c([2H])c6[2H])(c6c([2H])c([2H])c([2H])c([2H])c6[2H])c6c([2H])c([2H])c([2H])c([2H])c6[2H])c5[2H])c([2H])c([2H])c43)cc2)c([2H])c1[2H]. The fourth-order valence-electron chi connectivity index (χ4n) is 8.32. The summed E-state index contributed by atoms with van der Waals surface area (Å²) in [4.78, 5) is 0. The molecule has 2 nitrogen and oxygen atoms in total. The van der Waals surface area contributed by atoms with Crippen LogP contribution in [-0.4, -0.2) is 17.2 Å². The Morgan fingerprint density at radius 3 is 1.17 bits per heavy atom. The summed E-state index contributed by atoms with van der Waals surface area (Å²) in [5.74, 6) is 0. The lowest BCUT2D eigenvalue weighted by Crippen LogP contribution is -2.74. The van der Waals surface area contributed by atoms with E-state index >= 15 is 0 Å². The van der Waals surface area contributed by atoms with Gasteiger partial charge in [0, 0.05) is 32.9 Å². The van der Waals surface area contributed by atoms with E-state index in [4.69, 9.17) is 27.4 Å². The van der Waals surface area contributed by atoms with Crippen LogP contribution in [0.25, 0.3) is 88.4 Å². The summed E-state index contributed by atoms with van der Waals surface area (Å²) in [5.41, 5.74) is -8.72. The first-order chi connectivity index (χ1) is 51.7. The molecule has 0 unspecified atom stereocenters. The first-order valence-corrected chi connectivity index (χ1v) is 22.4. The topological polar surface area (TPSA) is 9.86 Å². The molecule has 0 radical (unpaired) electrons. The maximum Gasteiger partial charge on any atom is 0.179 e. The van der Waals surface area contributed by atoms with E-state index in [1.54, 1.807) is 0 Å². The molecule has 69 heavy (non-hydrogen) atoms. The molecule has 0 atom stereocenters. The third kappa shape index (κ3) is 6.70. The molecule has 0 N–H and O–H groups in total. The van der Waals surface area contributed by atoms with Crippen molar-refractivity contribution < 1.29 is 57.6 Å². The normalized spacial score (nSPS) is 20.3. The minimum Gasteiger partial charge on any atom is -0.309 e. The quantitative estimate of drug-likeness (QED) is 0.101. The Morgan fingerprint density at radius 2 is 0.667 bits per heavy atom. The minimum atomic E-state index is -6.68. The number of hydrogen-bond donors (Lipinski definition) is 0. The van der Waals surface area contributed by atoms with Gasteiger partial charge in [-0.15, -0.1) is 0 Å². The van der Waals surface area contributed by atoms with Crippen LogP contribution in [0, 0.1) is 0 Å². The molecule has 2 heterocycles. The van der Waals surface area contributed by atoms with Gasteiger partial charge in [-0.2, -0.15) is 0 Å². The zero-order chi connectivity index (χ0) is 82.3. The Hall–Kier alpha value is -8.76. The zero-order valence-corrected chi connectivity index (χ0v) is 35.7. The summed E-state index contributed by atoms with van der Waals surface area (Å²) >= 11 is 0. The monoisotopic (exact) mass is 937 g/mol. The molecule has 11 aromatic carbocycles. The highest BCUT2D eigenvalue weighted by molar-refractivity contribution is 7.19. The van der Waals surface area contributed by atoms with Gasteiger partial charge in [0.05, 0.1) is 79.6 Å². The number of para-hydroxylation sites is 2. The molecule has 0 amide bonds. The smallest absolute Gasteiger partial charge is 0.179 e. The maximum atomic E-state index is 10.6. The molecule has 0 bridgehead atoms. The summed E-state index contributed by atoms with van der Waals surface area (Å²) in [6.07, 6.45) is 0. The average molecular weight is 937 g/mol. The number of hydrogen-bond acceptors (Lipinski definition) is 0. The molecule has 13 aromatic rings. The van der Waals surface area contributed by atoms with Crippen molar-refractivity contribution in [3.63, 3.8) is 0 Å². The molecular formula is C66H46N2Si. The third-order valence-electron chi connectivity index (χ3n) is 11.3. The van der Waals surface area contributed by atoms with Crippen LogP contribution in [0.4, 0.5) is 0 Å². The summed E-state index contributed by atoms with van der Waals surface area (Å²) in [6.45, 7) is 0. The molecule has 0 spiro atoms. The van der Waals surface area contributed by atoms with Gasteiger partial charge in [0.2, 0.25) is 0 Å². The Labute approximate surface area is 462 Å². The molecular weight excluding hydrogens is 849 g/mol. The molecule has 0 saturated carbocycles. The lowest BCUT2D eigenvalue weighted by molar-refractivity contribution is 1.18. The predicted octanol–water partition coefficient (Wildman–Crippen LogP) is 14.3. The number of aromatic nitrogens is 2. The van der Waals surface area contributed by atoms with Crippen molar-refractivity contribution in [2.24, 2.45) is 0 Å². The van der Waals surface area contributed by atoms with E-state index in [1.165, 1.54) is 24.3 Å². The van der Waals surface area contributed by atoms with Crippen molar-refractivity contribution >= 4 is 72.4 Å². The van der Waals surface area contributed by atoms with Crippen LogP contribution in [-0.2, 0) is 0 Å². The van der Waals surface area contributed by atoms with E-state index in [9.17, 15) is 30.2 Å². The number of nitrogens with zero attached hydrogens (tertiary/aromatic N) is 2. The first-order valence-electron chi connectivity index (χ1n) is 41.4. The Kier molecular flexibility index (Phi) is 3.95. The van der Waals surface area contributed by atoms with Crippen molar-refractivity contribution in [1.29, 1.82) is 0 Å². The van der Waals surface area contributed by atoms with E-state index < -0.39 is 354 Å². The van der Waals surface area contributed by atoms with Crippen molar-refractivity contribution in [2.45, 2.75) is 0 Å². The number of rotatable bonds is 9. The fourth-order valence-corrected chi connectivity index (χ4v) is 11.9. The summed E-state index contributed by atoms with van der Waals surface area (Å²) in [6, 6.07) is -43.5. The van der Waals surface area contributed by atoms with Gasteiger partial charge in [-0.25, -0.2) is 0 Å². The molecule has 324 valence electrons. The second-order valence-electron chi connectivity index (χ2n) is 14.8. The third-order valence-corrected chi connectivity index (χ3v) is 15.3. The number of benzene rings is 11. The molecule has 3 heteroatoms. The maximum absolute atomic E-state index is 10.6. The van der Waals surface area contributed by atoms with Gasteiger partial charge in [-0.1, -0.05) is 218 Å². The van der Waals surface area contributed by atoms with Crippen LogP contribution in [0.5, 0.6) is 0 Å². The predicted molar refractivity (Wildman–Crippen MR) is 295 cm³/mol. The second-order valence-corrected chi connectivity index (χ2v) is 18.3. The van der Waals surface area contributed by atoms with Gasteiger partial charge in [0.25, 0.3) is 0 Å². The fraction of sp³-hybridized carbons (Fsp3) is 0. The van der Waals surface area contributed by atoms with E-state index in [1.807, 2.05) is 0 Å². The standard InChI is InChI=1S/C66H46N2Si/c1-5-20-47(21-6-1)48-36-40-51(41-37-48)67-63-34-17-15-32-59(63)61-44-49(38-42-65(61)67)57-30-13-14-31-58(57)50-39-43-66-62(45-50)60-33-16-18-35-64(60)68(66)52-22-19-29-56(46-52)69(53-23-7-2-8-24-53,54-25-9-3-10-26-54)55-27-11-4-12-28-55/h1-46H/i1D,2D,3D,4D,5D,6D,7D,8D,9D,10D,11D,12D,13D,14D,15D,16D,17D,18D,19D,20D,21D,22D,23D,24D,25D,26D,27D,28D,29D,30D,31D,32D,33D,34D,35D,38D,39D,42D,43D,44D,45D,46D. The summed E-state index contributed by atoms with van der Waals surface area (Å²) in [5, 5.41) is -8.19. The molecule has 2 aromatic heterocycles. The minimum absolute atomic E-state index is 0.0430. The highest BCUT2D eigenvalue weighted by Gasteiger charge is 2.41. The molecule has 0 aliphatic heterocycles. The van der Waals surface area contributed by atoms with Gasteiger partial charge < -0.3 is 9.13 Å².